The summed E-state index contributed by atoms with van der Waals surface area (Å²) in [5.74, 6) is -0.137. The van der Waals surface area contributed by atoms with Gasteiger partial charge in [-0.15, -0.1) is 11.3 Å². The first-order valence-electron chi connectivity index (χ1n) is 6.09. The Bertz CT molecular complexity index is 789. The van der Waals surface area contributed by atoms with Crippen LogP contribution in [0, 0.1) is 0 Å². The standard InChI is InChI=1S/C15H10Br2N2OS/c16-10-6-9(18)7-11(17)14(10)19-15(20)13-5-8-3-1-2-4-12(8)21-13/h1-7H,18H2,(H,19,20). The van der Waals surface area contributed by atoms with Crippen LogP contribution in [-0.4, -0.2) is 5.91 Å². The van der Waals surface area contributed by atoms with Gasteiger partial charge in [0, 0.05) is 19.3 Å². The van der Waals surface area contributed by atoms with Gasteiger partial charge in [-0.2, -0.15) is 0 Å². The number of nitrogens with one attached hydrogen (secondary N) is 1. The van der Waals surface area contributed by atoms with Gasteiger partial charge in [0.15, 0.2) is 0 Å². The number of carbonyl (C=O) groups is 1. The summed E-state index contributed by atoms with van der Waals surface area (Å²) in [7, 11) is 0. The van der Waals surface area contributed by atoms with Gasteiger partial charge in [0.05, 0.1) is 10.6 Å². The molecule has 3 N–H and O–H groups in total. The summed E-state index contributed by atoms with van der Waals surface area (Å²) in [6.45, 7) is 0. The molecule has 1 heterocycles. The van der Waals surface area contributed by atoms with Crippen molar-refractivity contribution in [2.24, 2.45) is 0 Å². The molecule has 6 heteroatoms. The molecule has 3 aromatic rings. The highest BCUT2D eigenvalue weighted by Crippen LogP contribution is 2.34. The third-order valence-electron chi connectivity index (χ3n) is 2.95. The summed E-state index contributed by atoms with van der Waals surface area (Å²) in [6.07, 6.45) is 0. The first kappa shape index (κ1) is 14.6. The van der Waals surface area contributed by atoms with Gasteiger partial charge in [-0.05, 0) is 61.5 Å². The number of anilines is 2. The molecule has 0 aliphatic rings. The molecule has 3 nitrogen and oxygen atoms in total. The highest BCUT2D eigenvalue weighted by atomic mass is 79.9. The third-order valence-corrected chi connectivity index (χ3v) is 5.32. The fourth-order valence-corrected chi connectivity index (χ4v) is 4.36. The van der Waals surface area contributed by atoms with Crippen molar-refractivity contribution in [3.05, 3.63) is 56.3 Å². The molecule has 1 aromatic heterocycles. The van der Waals surface area contributed by atoms with Crippen LogP contribution >= 0.6 is 43.2 Å². The second-order valence-electron chi connectivity index (χ2n) is 4.46. The molecule has 21 heavy (non-hydrogen) atoms. The van der Waals surface area contributed by atoms with Crippen LogP contribution in [0.2, 0.25) is 0 Å². The van der Waals surface area contributed by atoms with E-state index in [1.165, 1.54) is 11.3 Å². The third kappa shape index (κ3) is 2.97. The maximum Gasteiger partial charge on any atom is 0.265 e. The quantitative estimate of drug-likeness (QED) is 0.550. The highest BCUT2D eigenvalue weighted by Gasteiger charge is 2.14. The number of rotatable bonds is 2. The molecule has 2 aromatic carbocycles. The van der Waals surface area contributed by atoms with E-state index in [0.717, 1.165) is 19.0 Å². The van der Waals surface area contributed by atoms with E-state index in [1.807, 2.05) is 30.3 Å². The molecule has 0 aliphatic carbocycles. The Hall–Kier alpha value is -1.37. The lowest BCUT2D eigenvalue weighted by Gasteiger charge is -2.09. The fraction of sp³-hybridized carbons (Fsp3) is 0. The van der Waals surface area contributed by atoms with Crippen LogP contribution in [-0.2, 0) is 0 Å². The van der Waals surface area contributed by atoms with Gasteiger partial charge in [0.1, 0.15) is 0 Å². The van der Waals surface area contributed by atoms with Gasteiger partial charge in [-0.1, -0.05) is 18.2 Å². The van der Waals surface area contributed by atoms with Crippen molar-refractivity contribution in [1.82, 2.24) is 0 Å². The summed E-state index contributed by atoms with van der Waals surface area (Å²) >= 11 is 8.30. The Morgan fingerprint density at radius 1 is 1.10 bits per heavy atom. The summed E-state index contributed by atoms with van der Waals surface area (Å²) in [5.41, 5.74) is 7.04. The molecular weight excluding hydrogens is 416 g/mol. The Kier molecular flexibility index (Phi) is 4.01. The minimum Gasteiger partial charge on any atom is -0.399 e. The summed E-state index contributed by atoms with van der Waals surface area (Å²) in [4.78, 5) is 13.1. The Balaban J connectivity index is 1.93. The molecule has 3 rings (SSSR count). The Labute approximate surface area is 142 Å². The zero-order valence-corrected chi connectivity index (χ0v) is 14.7. The Morgan fingerprint density at radius 2 is 1.76 bits per heavy atom. The van der Waals surface area contributed by atoms with Crippen LogP contribution in [0.5, 0.6) is 0 Å². The van der Waals surface area contributed by atoms with E-state index in [2.05, 4.69) is 37.2 Å². The Morgan fingerprint density at radius 3 is 2.43 bits per heavy atom. The number of halogens is 2. The van der Waals surface area contributed by atoms with Gasteiger partial charge >= 0.3 is 0 Å². The van der Waals surface area contributed by atoms with Crippen molar-refractivity contribution in [3.8, 4) is 0 Å². The lowest BCUT2D eigenvalue weighted by molar-refractivity contribution is 0.103. The SMILES string of the molecule is Nc1cc(Br)c(NC(=O)c2cc3ccccc3s2)c(Br)c1. The molecule has 0 atom stereocenters. The highest BCUT2D eigenvalue weighted by molar-refractivity contribution is 9.11. The monoisotopic (exact) mass is 424 g/mol. The maximum absolute atomic E-state index is 12.4. The second kappa shape index (κ2) is 5.79. The lowest BCUT2D eigenvalue weighted by atomic mass is 10.2. The van der Waals surface area contributed by atoms with Gasteiger partial charge < -0.3 is 11.1 Å². The molecule has 0 fully saturated rings. The first-order valence-corrected chi connectivity index (χ1v) is 8.49. The van der Waals surface area contributed by atoms with E-state index in [1.54, 1.807) is 12.1 Å². The van der Waals surface area contributed by atoms with Crippen molar-refractivity contribution in [3.63, 3.8) is 0 Å². The average molecular weight is 426 g/mol. The molecule has 0 radical (unpaired) electrons. The van der Waals surface area contributed by atoms with E-state index in [0.29, 0.717) is 16.3 Å². The number of hydrogen-bond donors (Lipinski definition) is 2. The number of thiophene rings is 1. The first-order chi connectivity index (χ1) is 10.0. The molecule has 0 saturated heterocycles. The van der Waals surface area contributed by atoms with Crippen molar-refractivity contribution < 1.29 is 4.79 Å². The van der Waals surface area contributed by atoms with Crippen LogP contribution in [0.15, 0.2) is 51.4 Å². The van der Waals surface area contributed by atoms with Gasteiger partial charge in [0.2, 0.25) is 0 Å². The molecule has 1 amide bonds. The van der Waals surface area contributed by atoms with Crippen molar-refractivity contribution in [1.29, 1.82) is 0 Å². The number of nitrogen functional groups attached to an aromatic ring is 1. The van der Waals surface area contributed by atoms with Crippen molar-refractivity contribution in [2.75, 3.05) is 11.1 Å². The van der Waals surface area contributed by atoms with Gasteiger partial charge in [-0.3, -0.25) is 4.79 Å². The molecule has 0 unspecified atom stereocenters. The maximum atomic E-state index is 12.4. The predicted molar refractivity (Wildman–Crippen MR) is 96.0 cm³/mol. The van der Waals surface area contributed by atoms with E-state index in [-0.39, 0.29) is 5.91 Å². The minimum absolute atomic E-state index is 0.137. The largest absolute Gasteiger partial charge is 0.399 e. The number of nitrogens with two attached hydrogens (primary N) is 1. The van der Waals surface area contributed by atoms with Crippen LogP contribution in [0.3, 0.4) is 0 Å². The lowest BCUT2D eigenvalue weighted by Crippen LogP contribution is -2.11. The predicted octanol–water partition coefficient (Wildman–Crippen LogP) is 5.26. The smallest absolute Gasteiger partial charge is 0.265 e. The van der Waals surface area contributed by atoms with Crippen molar-refractivity contribution in [2.45, 2.75) is 0 Å². The van der Waals surface area contributed by atoms with E-state index < -0.39 is 0 Å². The minimum atomic E-state index is -0.137. The average Bonchev–Trinajstić information content (AvgIpc) is 2.86. The van der Waals surface area contributed by atoms with Crippen LogP contribution in [0.1, 0.15) is 9.67 Å². The molecule has 0 bridgehead atoms. The molecule has 0 saturated carbocycles. The number of amides is 1. The van der Waals surface area contributed by atoms with E-state index >= 15 is 0 Å². The summed E-state index contributed by atoms with van der Waals surface area (Å²) < 4.78 is 2.57. The second-order valence-corrected chi connectivity index (χ2v) is 7.25. The van der Waals surface area contributed by atoms with Crippen LogP contribution in [0.4, 0.5) is 11.4 Å². The van der Waals surface area contributed by atoms with E-state index in [9.17, 15) is 4.79 Å². The number of benzene rings is 2. The number of hydrogen-bond acceptors (Lipinski definition) is 3. The normalized spacial score (nSPS) is 10.8. The van der Waals surface area contributed by atoms with Gasteiger partial charge in [0.25, 0.3) is 5.91 Å². The molecular formula is C15H10Br2N2OS. The topological polar surface area (TPSA) is 55.1 Å². The van der Waals surface area contributed by atoms with E-state index in [4.69, 9.17) is 5.73 Å². The zero-order valence-electron chi connectivity index (χ0n) is 10.7. The van der Waals surface area contributed by atoms with Gasteiger partial charge in [-0.25, -0.2) is 0 Å². The molecule has 0 aliphatic heterocycles. The van der Waals surface area contributed by atoms with Crippen LogP contribution in [0.25, 0.3) is 10.1 Å². The summed E-state index contributed by atoms with van der Waals surface area (Å²) in [6, 6.07) is 13.3. The number of carbonyl (C=O) groups excluding carboxylic acids is 1. The molecule has 106 valence electrons. The van der Waals surface area contributed by atoms with Crippen LogP contribution < -0.4 is 11.1 Å². The summed E-state index contributed by atoms with van der Waals surface area (Å²) in [5, 5.41) is 3.98. The molecule has 0 spiro atoms. The number of fused-ring (bicyclic) bond motifs is 1. The van der Waals surface area contributed by atoms with Crippen molar-refractivity contribution >= 4 is 70.6 Å². The fourth-order valence-electron chi connectivity index (χ4n) is 1.98. The zero-order chi connectivity index (χ0) is 15.0.